The lowest BCUT2D eigenvalue weighted by atomic mass is 9.98. The molecule has 2 aromatic carbocycles. The molecule has 100 valence electrons. The third-order valence-electron chi connectivity index (χ3n) is 3.40. The van der Waals surface area contributed by atoms with E-state index in [2.05, 4.69) is 43.3 Å². The second-order valence-electron chi connectivity index (χ2n) is 5.14. The number of hydrogen-bond acceptors (Lipinski definition) is 1. The summed E-state index contributed by atoms with van der Waals surface area (Å²) in [7, 11) is 4.15. The van der Waals surface area contributed by atoms with Crippen LogP contribution in [0.3, 0.4) is 0 Å². The Bertz CT molecular complexity index is 508. The van der Waals surface area contributed by atoms with Gasteiger partial charge in [0.05, 0.1) is 0 Å². The van der Waals surface area contributed by atoms with Crippen LogP contribution in [0.1, 0.15) is 11.1 Å². The molecule has 0 aromatic heterocycles. The summed E-state index contributed by atoms with van der Waals surface area (Å²) in [6, 6.07) is 17.7. The molecule has 0 spiro atoms. The van der Waals surface area contributed by atoms with Crippen molar-refractivity contribution in [2.45, 2.75) is 18.9 Å². The molecular weight excluding hydrogens is 237 g/mol. The third-order valence-corrected chi connectivity index (χ3v) is 3.40. The van der Waals surface area contributed by atoms with Crippen molar-refractivity contribution in [2.24, 2.45) is 0 Å². The molecule has 19 heavy (non-hydrogen) atoms. The molecule has 0 heterocycles. The minimum absolute atomic E-state index is 0.158. The van der Waals surface area contributed by atoms with Gasteiger partial charge in [0.25, 0.3) is 0 Å². The Morgan fingerprint density at radius 2 is 1.53 bits per heavy atom. The molecule has 0 N–H and O–H groups in total. The van der Waals surface area contributed by atoms with Gasteiger partial charge in [-0.2, -0.15) is 0 Å². The van der Waals surface area contributed by atoms with Crippen LogP contribution in [0.5, 0.6) is 0 Å². The normalized spacial score (nSPS) is 12.6. The van der Waals surface area contributed by atoms with E-state index < -0.39 is 0 Å². The van der Waals surface area contributed by atoms with Gasteiger partial charge in [-0.15, -0.1) is 0 Å². The first-order valence-corrected chi connectivity index (χ1v) is 6.60. The zero-order valence-corrected chi connectivity index (χ0v) is 11.5. The fourth-order valence-corrected chi connectivity index (χ4v) is 2.26. The molecule has 0 amide bonds. The first-order chi connectivity index (χ1) is 9.15. The summed E-state index contributed by atoms with van der Waals surface area (Å²) in [4.78, 5) is 2.21. The topological polar surface area (TPSA) is 3.24 Å². The average Bonchev–Trinajstić information content (AvgIpc) is 2.39. The van der Waals surface area contributed by atoms with Crippen LogP contribution in [0.4, 0.5) is 4.39 Å². The molecule has 0 aliphatic carbocycles. The largest absolute Gasteiger partial charge is 0.306 e. The van der Waals surface area contributed by atoms with E-state index in [4.69, 9.17) is 0 Å². The van der Waals surface area contributed by atoms with Crippen molar-refractivity contribution >= 4 is 0 Å². The Balaban J connectivity index is 2.08. The fourth-order valence-electron chi connectivity index (χ4n) is 2.26. The van der Waals surface area contributed by atoms with Crippen LogP contribution in [-0.2, 0) is 12.8 Å². The Hall–Kier alpha value is -1.67. The van der Waals surface area contributed by atoms with Crippen LogP contribution < -0.4 is 0 Å². The summed E-state index contributed by atoms with van der Waals surface area (Å²) < 4.78 is 13.2. The zero-order valence-electron chi connectivity index (χ0n) is 11.5. The highest BCUT2D eigenvalue weighted by molar-refractivity contribution is 5.20. The van der Waals surface area contributed by atoms with Crippen LogP contribution in [-0.4, -0.2) is 25.0 Å². The van der Waals surface area contributed by atoms with Gasteiger partial charge in [0.1, 0.15) is 5.82 Å². The number of halogens is 1. The van der Waals surface area contributed by atoms with E-state index in [1.165, 1.54) is 11.6 Å². The maximum absolute atomic E-state index is 13.2. The molecule has 0 saturated carbocycles. The number of likely N-dealkylation sites (N-methyl/N-ethyl adjacent to an activating group) is 1. The van der Waals surface area contributed by atoms with Crippen LogP contribution in [0, 0.1) is 5.82 Å². The first-order valence-electron chi connectivity index (χ1n) is 6.60. The quantitative estimate of drug-likeness (QED) is 0.792. The molecule has 0 saturated heterocycles. The van der Waals surface area contributed by atoms with E-state index in [1.807, 2.05) is 12.1 Å². The third kappa shape index (κ3) is 4.18. The highest BCUT2D eigenvalue weighted by atomic mass is 19.1. The van der Waals surface area contributed by atoms with Crippen LogP contribution in [0.15, 0.2) is 54.6 Å². The molecule has 0 aliphatic rings. The van der Waals surface area contributed by atoms with Gasteiger partial charge in [-0.1, -0.05) is 42.5 Å². The van der Waals surface area contributed by atoms with Crippen LogP contribution in [0.2, 0.25) is 0 Å². The summed E-state index contributed by atoms with van der Waals surface area (Å²) in [5.41, 5.74) is 2.37. The van der Waals surface area contributed by atoms with Gasteiger partial charge in [-0.3, -0.25) is 0 Å². The SMILES string of the molecule is CN(C)C(Cc1ccccc1)Cc1cccc(F)c1. The fraction of sp³-hybridized carbons (Fsp3) is 0.294. The predicted molar refractivity (Wildman–Crippen MR) is 77.7 cm³/mol. The molecule has 1 nitrogen and oxygen atoms in total. The average molecular weight is 257 g/mol. The van der Waals surface area contributed by atoms with E-state index in [1.54, 1.807) is 12.1 Å². The van der Waals surface area contributed by atoms with Crippen molar-refractivity contribution in [1.29, 1.82) is 0 Å². The highest BCUT2D eigenvalue weighted by Crippen LogP contribution is 2.13. The second kappa shape index (κ2) is 6.48. The number of nitrogens with zero attached hydrogens (tertiary/aromatic N) is 1. The van der Waals surface area contributed by atoms with Gasteiger partial charge >= 0.3 is 0 Å². The Morgan fingerprint density at radius 1 is 0.895 bits per heavy atom. The molecule has 0 fully saturated rings. The molecular formula is C17H20FN. The lowest BCUT2D eigenvalue weighted by molar-refractivity contribution is 0.289. The number of benzene rings is 2. The van der Waals surface area contributed by atoms with Crippen molar-refractivity contribution < 1.29 is 4.39 Å². The molecule has 2 heteroatoms. The van der Waals surface area contributed by atoms with E-state index in [0.29, 0.717) is 6.04 Å². The van der Waals surface area contributed by atoms with Gasteiger partial charge < -0.3 is 4.90 Å². The monoisotopic (exact) mass is 257 g/mol. The lowest BCUT2D eigenvalue weighted by Crippen LogP contribution is -2.32. The van der Waals surface area contributed by atoms with Crippen LogP contribution >= 0.6 is 0 Å². The standard InChI is InChI=1S/C17H20FN/c1-19(2)17(12-14-7-4-3-5-8-14)13-15-9-6-10-16(18)11-15/h3-11,17H,12-13H2,1-2H3. The first kappa shape index (κ1) is 13.8. The minimum atomic E-state index is -0.158. The summed E-state index contributed by atoms with van der Waals surface area (Å²) in [5, 5.41) is 0. The molecule has 0 aliphatic heterocycles. The van der Waals surface area contributed by atoms with Crippen molar-refractivity contribution in [3.63, 3.8) is 0 Å². The predicted octanol–water partition coefficient (Wildman–Crippen LogP) is 3.54. The van der Waals surface area contributed by atoms with Crippen molar-refractivity contribution in [3.05, 3.63) is 71.5 Å². The van der Waals surface area contributed by atoms with Gasteiger partial charge in [0.15, 0.2) is 0 Å². The van der Waals surface area contributed by atoms with Gasteiger partial charge in [-0.05, 0) is 50.2 Å². The van der Waals surface area contributed by atoms with Gasteiger partial charge in [0.2, 0.25) is 0 Å². The van der Waals surface area contributed by atoms with Gasteiger partial charge in [0, 0.05) is 6.04 Å². The Labute approximate surface area is 114 Å². The molecule has 0 radical (unpaired) electrons. The number of hydrogen-bond donors (Lipinski definition) is 0. The maximum atomic E-state index is 13.2. The van der Waals surface area contributed by atoms with E-state index in [-0.39, 0.29) is 5.82 Å². The highest BCUT2D eigenvalue weighted by Gasteiger charge is 2.13. The maximum Gasteiger partial charge on any atom is 0.123 e. The number of rotatable bonds is 5. The van der Waals surface area contributed by atoms with Gasteiger partial charge in [-0.25, -0.2) is 4.39 Å². The summed E-state index contributed by atoms with van der Waals surface area (Å²) in [6.07, 6.45) is 1.84. The minimum Gasteiger partial charge on any atom is -0.306 e. The molecule has 1 unspecified atom stereocenters. The van der Waals surface area contributed by atoms with Crippen molar-refractivity contribution in [2.75, 3.05) is 14.1 Å². The summed E-state index contributed by atoms with van der Waals surface area (Å²) >= 11 is 0. The Morgan fingerprint density at radius 3 is 2.16 bits per heavy atom. The lowest BCUT2D eigenvalue weighted by Gasteiger charge is -2.24. The smallest absolute Gasteiger partial charge is 0.123 e. The molecule has 0 bridgehead atoms. The van der Waals surface area contributed by atoms with Crippen molar-refractivity contribution in [3.8, 4) is 0 Å². The van der Waals surface area contributed by atoms with Crippen LogP contribution in [0.25, 0.3) is 0 Å². The zero-order chi connectivity index (χ0) is 13.7. The summed E-state index contributed by atoms with van der Waals surface area (Å²) in [5.74, 6) is -0.158. The van der Waals surface area contributed by atoms with E-state index >= 15 is 0 Å². The van der Waals surface area contributed by atoms with E-state index in [9.17, 15) is 4.39 Å². The second-order valence-corrected chi connectivity index (χ2v) is 5.14. The van der Waals surface area contributed by atoms with E-state index in [0.717, 1.165) is 18.4 Å². The summed E-state index contributed by atoms with van der Waals surface area (Å²) in [6.45, 7) is 0. The van der Waals surface area contributed by atoms with Crippen molar-refractivity contribution in [1.82, 2.24) is 4.90 Å². The Kier molecular flexibility index (Phi) is 4.69. The molecule has 1 atom stereocenters. The molecule has 2 aromatic rings. The molecule has 2 rings (SSSR count).